The Kier molecular flexibility index (Phi) is 12.9. The third-order valence-electron chi connectivity index (χ3n) is 5.88. The first-order valence-corrected chi connectivity index (χ1v) is 12.1. The van der Waals surface area contributed by atoms with Crippen LogP contribution in [-0.4, -0.2) is 64.6 Å². The predicted molar refractivity (Wildman–Crippen MR) is 132 cm³/mol. The molecule has 0 spiro atoms. The van der Waals surface area contributed by atoms with Crippen LogP contribution >= 0.6 is 0 Å². The number of rotatable bonds is 6. The van der Waals surface area contributed by atoms with E-state index in [2.05, 4.69) is 19.1 Å². The van der Waals surface area contributed by atoms with Gasteiger partial charge in [0, 0.05) is 19.5 Å². The van der Waals surface area contributed by atoms with Crippen LogP contribution in [0.15, 0.2) is 30.3 Å². The van der Waals surface area contributed by atoms with Crippen LogP contribution in [0.3, 0.4) is 0 Å². The summed E-state index contributed by atoms with van der Waals surface area (Å²) in [5.74, 6) is -1.02. The molecule has 2 aliphatic rings. The van der Waals surface area contributed by atoms with Gasteiger partial charge in [-0.05, 0) is 45.4 Å². The Morgan fingerprint density at radius 2 is 1.50 bits per heavy atom. The molecule has 0 aromatic heterocycles. The van der Waals surface area contributed by atoms with Crippen LogP contribution in [0.1, 0.15) is 64.4 Å². The minimum absolute atomic E-state index is 0.162. The van der Waals surface area contributed by atoms with Crippen molar-refractivity contribution in [3.05, 3.63) is 35.9 Å². The number of nitrogens with zero attached hydrogens (tertiary/aromatic N) is 2. The molecule has 4 amide bonds. The predicted octanol–water partition coefficient (Wildman–Crippen LogP) is 1.46. The first kappa shape index (κ1) is 29.1. The molecule has 0 radical (unpaired) electrons. The van der Waals surface area contributed by atoms with E-state index < -0.39 is 24.0 Å². The second-order valence-corrected chi connectivity index (χ2v) is 8.67. The summed E-state index contributed by atoms with van der Waals surface area (Å²) < 4.78 is 0. The lowest BCUT2D eigenvalue weighted by Gasteiger charge is -2.31. The summed E-state index contributed by atoms with van der Waals surface area (Å²) in [6.07, 6.45) is 4.71. The number of hydrogen-bond acceptors (Lipinski definition) is 5. The SMILES string of the molecule is CCCC(N)=O.CC[C@H](N)C(=O)N1CCCC1C(=O)N1CCCC1C(N)=O.Cc1ccccc1. The fourth-order valence-corrected chi connectivity index (χ4v) is 3.97. The third kappa shape index (κ3) is 9.13. The molecular formula is C25H41N5O4. The normalized spacial score (nSPS) is 19.9. The summed E-state index contributed by atoms with van der Waals surface area (Å²) in [6, 6.07) is 8.67. The van der Waals surface area contributed by atoms with E-state index in [0.29, 0.717) is 38.8 Å². The van der Waals surface area contributed by atoms with Gasteiger partial charge in [-0.2, -0.15) is 0 Å². The molecule has 3 atom stereocenters. The Bertz CT molecular complexity index is 802. The third-order valence-corrected chi connectivity index (χ3v) is 5.88. The number of benzene rings is 1. The first-order chi connectivity index (χ1) is 16.1. The maximum Gasteiger partial charge on any atom is 0.246 e. The Morgan fingerprint density at radius 3 is 1.91 bits per heavy atom. The van der Waals surface area contributed by atoms with Crippen molar-refractivity contribution in [2.75, 3.05) is 13.1 Å². The van der Waals surface area contributed by atoms with Gasteiger partial charge in [-0.25, -0.2) is 0 Å². The van der Waals surface area contributed by atoms with Gasteiger partial charge in [-0.3, -0.25) is 19.2 Å². The number of nitrogens with two attached hydrogens (primary N) is 3. The molecular weight excluding hydrogens is 434 g/mol. The summed E-state index contributed by atoms with van der Waals surface area (Å²) in [4.78, 5) is 49.3. The number of likely N-dealkylation sites (tertiary alicyclic amines) is 2. The monoisotopic (exact) mass is 475 g/mol. The summed E-state index contributed by atoms with van der Waals surface area (Å²) in [5, 5.41) is 0. The Balaban J connectivity index is 0.000000362. The highest BCUT2D eigenvalue weighted by molar-refractivity contribution is 5.93. The molecule has 34 heavy (non-hydrogen) atoms. The molecule has 9 nitrogen and oxygen atoms in total. The fourth-order valence-electron chi connectivity index (χ4n) is 3.97. The zero-order valence-corrected chi connectivity index (χ0v) is 20.7. The molecule has 3 rings (SSSR count). The molecule has 2 unspecified atom stereocenters. The topological polar surface area (TPSA) is 153 Å². The first-order valence-electron chi connectivity index (χ1n) is 12.1. The lowest BCUT2D eigenvalue weighted by molar-refractivity contribution is -0.146. The molecule has 2 aliphatic heterocycles. The molecule has 0 aliphatic carbocycles. The number of primary amides is 2. The Labute approximate surface area is 203 Å². The summed E-state index contributed by atoms with van der Waals surface area (Å²) in [5.41, 5.74) is 17.2. The lowest BCUT2D eigenvalue weighted by Crippen LogP contribution is -2.54. The minimum Gasteiger partial charge on any atom is -0.370 e. The number of aryl methyl sites for hydroxylation is 1. The number of hydrogen-bond donors (Lipinski definition) is 3. The van der Waals surface area contributed by atoms with E-state index in [0.717, 1.165) is 19.3 Å². The smallest absolute Gasteiger partial charge is 0.246 e. The molecule has 2 saturated heterocycles. The highest BCUT2D eigenvalue weighted by Gasteiger charge is 2.42. The van der Waals surface area contributed by atoms with Crippen molar-refractivity contribution in [3.8, 4) is 0 Å². The second-order valence-electron chi connectivity index (χ2n) is 8.67. The van der Waals surface area contributed by atoms with Crippen molar-refractivity contribution in [1.82, 2.24) is 9.80 Å². The molecule has 9 heteroatoms. The van der Waals surface area contributed by atoms with Gasteiger partial charge in [0.05, 0.1) is 6.04 Å². The maximum absolute atomic E-state index is 12.7. The maximum atomic E-state index is 12.7. The number of carbonyl (C=O) groups excluding carboxylic acids is 4. The van der Waals surface area contributed by atoms with Crippen LogP contribution in [0.5, 0.6) is 0 Å². The van der Waals surface area contributed by atoms with Crippen LogP contribution in [0.2, 0.25) is 0 Å². The zero-order chi connectivity index (χ0) is 25.7. The van der Waals surface area contributed by atoms with E-state index in [1.54, 1.807) is 4.90 Å². The zero-order valence-electron chi connectivity index (χ0n) is 20.7. The van der Waals surface area contributed by atoms with Crippen molar-refractivity contribution >= 4 is 23.6 Å². The molecule has 190 valence electrons. The van der Waals surface area contributed by atoms with E-state index in [9.17, 15) is 19.2 Å². The molecule has 0 saturated carbocycles. The van der Waals surface area contributed by atoms with Crippen molar-refractivity contribution in [2.24, 2.45) is 17.2 Å². The van der Waals surface area contributed by atoms with E-state index in [1.165, 1.54) is 10.5 Å². The highest BCUT2D eigenvalue weighted by atomic mass is 16.2. The van der Waals surface area contributed by atoms with Gasteiger partial charge in [0.1, 0.15) is 12.1 Å². The average molecular weight is 476 g/mol. The largest absolute Gasteiger partial charge is 0.370 e. The molecule has 2 heterocycles. The second kappa shape index (κ2) is 15.1. The summed E-state index contributed by atoms with van der Waals surface area (Å²) in [6.45, 7) is 6.94. The lowest BCUT2D eigenvalue weighted by atomic mass is 10.1. The van der Waals surface area contributed by atoms with E-state index in [1.807, 2.05) is 32.0 Å². The van der Waals surface area contributed by atoms with Crippen molar-refractivity contribution in [3.63, 3.8) is 0 Å². The van der Waals surface area contributed by atoms with Gasteiger partial charge in [-0.1, -0.05) is 49.7 Å². The van der Waals surface area contributed by atoms with Crippen LogP contribution in [0, 0.1) is 6.92 Å². The van der Waals surface area contributed by atoms with Crippen LogP contribution in [0.25, 0.3) is 0 Å². The van der Waals surface area contributed by atoms with E-state index in [4.69, 9.17) is 17.2 Å². The van der Waals surface area contributed by atoms with Gasteiger partial charge in [0.25, 0.3) is 0 Å². The number of amides is 4. The van der Waals surface area contributed by atoms with Gasteiger partial charge in [-0.15, -0.1) is 0 Å². The van der Waals surface area contributed by atoms with Gasteiger partial charge < -0.3 is 27.0 Å². The quantitative estimate of drug-likeness (QED) is 0.568. The standard InChI is InChI=1S/C14H24N4O3.C7H8.C4H9NO/c1-2-9(15)13(20)18-8-4-6-11(18)14(21)17-7-3-5-10(17)12(16)19;1-7-5-3-2-4-6-7;1-2-3-4(5)6/h9-11H,2-8,15H2,1H3,(H2,16,19);2-6H,1H3;2-3H2,1H3,(H2,5,6)/t9-,10?,11?;;/m0../s1. The van der Waals surface area contributed by atoms with Crippen molar-refractivity contribution in [1.29, 1.82) is 0 Å². The summed E-state index contributed by atoms with van der Waals surface area (Å²) in [7, 11) is 0. The Hall–Kier alpha value is -2.94. The van der Waals surface area contributed by atoms with Gasteiger partial charge in [0.15, 0.2) is 0 Å². The van der Waals surface area contributed by atoms with E-state index in [-0.39, 0.29) is 17.7 Å². The van der Waals surface area contributed by atoms with Crippen LogP contribution in [0.4, 0.5) is 0 Å². The molecule has 1 aromatic rings. The highest BCUT2D eigenvalue weighted by Crippen LogP contribution is 2.25. The molecule has 6 N–H and O–H groups in total. The van der Waals surface area contributed by atoms with Crippen LogP contribution in [-0.2, 0) is 19.2 Å². The average Bonchev–Trinajstić information content (AvgIpc) is 3.49. The van der Waals surface area contributed by atoms with Gasteiger partial charge in [0.2, 0.25) is 23.6 Å². The molecule has 0 bridgehead atoms. The van der Waals surface area contributed by atoms with Crippen molar-refractivity contribution < 1.29 is 19.2 Å². The Morgan fingerprint density at radius 1 is 0.941 bits per heavy atom. The fraction of sp³-hybridized carbons (Fsp3) is 0.600. The van der Waals surface area contributed by atoms with Crippen LogP contribution < -0.4 is 17.2 Å². The molecule has 2 fully saturated rings. The number of carbonyl (C=O) groups is 4. The minimum atomic E-state index is -0.566. The van der Waals surface area contributed by atoms with Crippen molar-refractivity contribution in [2.45, 2.75) is 83.8 Å². The molecule has 1 aromatic carbocycles. The van der Waals surface area contributed by atoms with E-state index >= 15 is 0 Å². The summed E-state index contributed by atoms with van der Waals surface area (Å²) >= 11 is 0. The van der Waals surface area contributed by atoms with Gasteiger partial charge >= 0.3 is 0 Å².